The van der Waals surface area contributed by atoms with E-state index < -0.39 is 5.82 Å². The lowest BCUT2D eigenvalue weighted by Gasteiger charge is -2.36. The molecule has 134 valence electrons. The maximum absolute atomic E-state index is 14.0. The summed E-state index contributed by atoms with van der Waals surface area (Å²) in [7, 11) is 1.86. The Bertz CT molecular complexity index is 683. The van der Waals surface area contributed by atoms with Crippen molar-refractivity contribution >= 4 is 17.5 Å². The van der Waals surface area contributed by atoms with Crippen LogP contribution in [0.5, 0.6) is 0 Å². The van der Waals surface area contributed by atoms with E-state index in [0.29, 0.717) is 12.1 Å². The van der Waals surface area contributed by atoms with E-state index in [-0.39, 0.29) is 42.4 Å². The monoisotopic (exact) mass is 345 g/mol. The van der Waals surface area contributed by atoms with E-state index in [1.807, 2.05) is 11.9 Å². The number of hydrogen-bond acceptors (Lipinski definition) is 3. The predicted octanol–water partition coefficient (Wildman–Crippen LogP) is 1.92. The summed E-state index contributed by atoms with van der Waals surface area (Å²) in [4.78, 5) is 28.5. The summed E-state index contributed by atoms with van der Waals surface area (Å²) in [5.41, 5.74) is 0.269. The minimum absolute atomic E-state index is 0.0125. The molecule has 3 heterocycles. The van der Waals surface area contributed by atoms with Crippen LogP contribution in [0, 0.1) is 11.7 Å². The Hall–Kier alpha value is -1.95. The summed E-state index contributed by atoms with van der Waals surface area (Å²) < 4.78 is 14.0. The van der Waals surface area contributed by atoms with Gasteiger partial charge in [-0.1, -0.05) is 12.1 Å². The number of carbonyl (C=O) groups is 2. The second kappa shape index (κ2) is 6.41. The van der Waals surface area contributed by atoms with E-state index in [0.717, 1.165) is 12.8 Å². The maximum Gasteiger partial charge on any atom is 0.228 e. The fraction of sp³-hybridized carbons (Fsp3) is 0.579. The number of nitrogens with zero attached hydrogens (tertiary/aromatic N) is 2. The van der Waals surface area contributed by atoms with Gasteiger partial charge in [0.15, 0.2) is 0 Å². The quantitative estimate of drug-likeness (QED) is 0.911. The molecule has 1 aromatic rings. The third-order valence-corrected chi connectivity index (χ3v) is 5.96. The van der Waals surface area contributed by atoms with Crippen LogP contribution in [0.4, 0.5) is 10.1 Å². The molecule has 2 bridgehead atoms. The molecule has 3 unspecified atom stereocenters. The zero-order valence-corrected chi connectivity index (χ0v) is 14.5. The van der Waals surface area contributed by atoms with Crippen LogP contribution in [0.25, 0.3) is 0 Å². The van der Waals surface area contributed by atoms with Crippen molar-refractivity contribution in [2.75, 3.05) is 18.5 Å². The molecular formula is C19H24FN3O2. The summed E-state index contributed by atoms with van der Waals surface area (Å²) >= 11 is 0. The van der Waals surface area contributed by atoms with Gasteiger partial charge in [-0.2, -0.15) is 0 Å². The minimum atomic E-state index is -0.424. The molecule has 1 aromatic carbocycles. The van der Waals surface area contributed by atoms with E-state index in [1.54, 1.807) is 18.2 Å². The van der Waals surface area contributed by atoms with Gasteiger partial charge in [0.05, 0.1) is 11.6 Å². The highest BCUT2D eigenvalue weighted by Gasteiger charge is 2.41. The molecule has 3 atom stereocenters. The molecule has 3 fully saturated rings. The zero-order valence-electron chi connectivity index (χ0n) is 14.5. The van der Waals surface area contributed by atoms with E-state index in [2.05, 4.69) is 5.32 Å². The van der Waals surface area contributed by atoms with Gasteiger partial charge in [-0.3, -0.25) is 9.59 Å². The average Bonchev–Trinajstić information content (AvgIpc) is 3.16. The first-order valence-electron chi connectivity index (χ1n) is 9.10. The fourth-order valence-corrected chi connectivity index (χ4v) is 4.59. The van der Waals surface area contributed by atoms with Crippen molar-refractivity contribution in [3.8, 4) is 0 Å². The smallest absolute Gasteiger partial charge is 0.228 e. The molecule has 1 N–H and O–H groups in total. The first kappa shape index (κ1) is 16.5. The third kappa shape index (κ3) is 3.03. The van der Waals surface area contributed by atoms with Crippen LogP contribution in [0.1, 0.15) is 32.1 Å². The number of para-hydroxylation sites is 1. The number of benzene rings is 1. The largest absolute Gasteiger partial charge is 0.342 e. The normalized spacial score (nSPS) is 31.4. The Morgan fingerprint density at radius 2 is 1.92 bits per heavy atom. The Morgan fingerprint density at radius 3 is 2.60 bits per heavy atom. The van der Waals surface area contributed by atoms with E-state index >= 15 is 0 Å². The van der Waals surface area contributed by atoms with Crippen LogP contribution in [0.15, 0.2) is 24.3 Å². The van der Waals surface area contributed by atoms with Gasteiger partial charge in [0.1, 0.15) is 5.82 Å². The van der Waals surface area contributed by atoms with Crippen LogP contribution in [0.2, 0.25) is 0 Å². The topological polar surface area (TPSA) is 52.7 Å². The number of amides is 2. The second-order valence-corrected chi connectivity index (χ2v) is 7.57. The number of halogens is 1. The first-order chi connectivity index (χ1) is 12.0. The van der Waals surface area contributed by atoms with Crippen LogP contribution < -0.4 is 10.2 Å². The van der Waals surface area contributed by atoms with Gasteiger partial charge in [-0.25, -0.2) is 4.39 Å². The highest BCUT2D eigenvalue weighted by molar-refractivity contribution is 6.00. The number of carbonyl (C=O) groups excluding carboxylic acids is 2. The number of rotatable bonds is 3. The van der Waals surface area contributed by atoms with Crippen molar-refractivity contribution < 1.29 is 14.0 Å². The lowest BCUT2D eigenvalue weighted by atomic mass is 9.97. The van der Waals surface area contributed by atoms with Crippen LogP contribution in [-0.2, 0) is 9.59 Å². The van der Waals surface area contributed by atoms with Gasteiger partial charge in [0.25, 0.3) is 0 Å². The molecule has 3 aliphatic heterocycles. The van der Waals surface area contributed by atoms with Crippen molar-refractivity contribution in [1.82, 2.24) is 10.2 Å². The predicted molar refractivity (Wildman–Crippen MR) is 92.6 cm³/mol. The maximum atomic E-state index is 14.0. The number of fused-ring (bicyclic) bond motifs is 2. The Kier molecular flexibility index (Phi) is 4.23. The van der Waals surface area contributed by atoms with Crippen LogP contribution in [-0.4, -0.2) is 48.4 Å². The Balaban J connectivity index is 1.44. The number of hydrogen-bond donors (Lipinski definition) is 1. The van der Waals surface area contributed by atoms with Crippen molar-refractivity contribution in [3.05, 3.63) is 30.1 Å². The summed E-state index contributed by atoms with van der Waals surface area (Å²) in [5, 5.41) is 3.58. The molecule has 6 heteroatoms. The van der Waals surface area contributed by atoms with Gasteiger partial charge in [0.2, 0.25) is 11.8 Å². The Morgan fingerprint density at radius 1 is 1.24 bits per heavy atom. The van der Waals surface area contributed by atoms with Crippen molar-refractivity contribution in [3.63, 3.8) is 0 Å². The highest BCUT2D eigenvalue weighted by atomic mass is 19.1. The third-order valence-electron chi connectivity index (χ3n) is 5.96. The number of piperidine rings is 1. The van der Waals surface area contributed by atoms with Crippen LogP contribution in [0.3, 0.4) is 0 Å². The molecule has 4 rings (SSSR count). The lowest BCUT2D eigenvalue weighted by Crippen LogP contribution is -2.50. The zero-order chi connectivity index (χ0) is 17.6. The van der Waals surface area contributed by atoms with Gasteiger partial charge in [-0.15, -0.1) is 0 Å². The molecule has 2 amide bonds. The van der Waals surface area contributed by atoms with E-state index in [1.165, 1.54) is 23.8 Å². The lowest BCUT2D eigenvalue weighted by molar-refractivity contribution is -0.137. The molecule has 0 radical (unpaired) electrons. The molecule has 3 saturated heterocycles. The van der Waals surface area contributed by atoms with Crippen molar-refractivity contribution in [1.29, 1.82) is 0 Å². The standard InChI is InChI=1S/C19H24FN3O2/c1-22(15-9-13-6-7-14(10-15)21-13)19(25)12-8-18(24)23(11-12)17-5-3-2-4-16(17)20/h2-5,12-15,21H,6-11H2,1H3. The summed E-state index contributed by atoms with van der Waals surface area (Å²) in [6.07, 6.45) is 4.50. The SMILES string of the molecule is CN(C(=O)C1CC(=O)N(c2ccccc2F)C1)C1CC2CCC(C1)N2. The van der Waals surface area contributed by atoms with Gasteiger partial charge in [-0.05, 0) is 37.8 Å². The first-order valence-corrected chi connectivity index (χ1v) is 9.10. The molecule has 0 spiro atoms. The minimum Gasteiger partial charge on any atom is -0.342 e. The molecular weight excluding hydrogens is 321 g/mol. The number of anilines is 1. The molecule has 3 aliphatic rings. The van der Waals surface area contributed by atoms with Gasteiger partial charge >= 0.3 is 0 Å². The Labute approximate surface area is 147 Å². The molecule has 0 aliphatic carbocycles. The van der Waals surface area contributed by atoms with E-state index in [4.69, 9.17) is 0 Å². The molecule has 0 saturated carbocycles. The van der Waals surface area contributed by atoms with Gasteiger partial charge < -0.3 is 15.1 Å². The molecule has 5 nitrogen and oxygen atoms in total. The molecule has 25 heavy (non-hydrogen) atoms. The highest BCUT2D eigenvalue weighted by Crippen LogP contribution is 2.32. The van der Waals surface area contributed by atoms with Crippen LogP contribution >= 0.6 is 0 Å². The summed E-state index contributed by atoms with van der Waals surface area (Å²) in [5.74, 6) is -0.974. The van der Waals surface area contributed by atoms with Gasteiger partial charge in [0, 0.05) is 38.1 Å². The van der Waals surface area contributed by atoms with Crippen molar-refractivity contribution in [2.24, 2.45) is 5.92 Å². The van der Waals surface area contributed by atoms with Crippen molar-refractivity contribution in [2.45, 2.75) is 50.2 Å². The van der Waals surface area contributed by atoms with E-state index in [9.17, 15) is 14.0 Å². The number of nitrogens with one attached hydrogen (secondary N) is 1. The second-order valence-electron chi connectivity index (χ2n) is 7.57. The fourth-order valence-electron chi connectivity index (χ4n) is 4.59. The summed E-state index contributed by atoms with van der Waals surface area (Å²) in [6.45, 7) is 0.265. The average molecular weight is 345 g/mol. The summed E-state index contributed by atoms with van der Waals surface area (Å²) in [6, 6.07) is 7.50. The molecule has 0 aromatic heterocycles.